The zero-order valence-electron chi connectivity index (χ0n) is 19.2. The molecule has 158 valence electrons. The van der Waals surface area contributed by atoms with Crippen LogP contribution in [0.2, 0.25) is 32.2 Å². The maximum absolute atomic E-state index is 5.98. The van der Waals surface area contributed by atoms with Crippen molar-refractivity contribution in [2.45, 2.75) is 85.6 Å². The largest absolute Gasteiger partial charge is 0.395 e. The Morgan fingerprint density at radius 1 is 0.654 bits per heavy atom. The first-order chi connectivity index (χ1) is 12.2. The van der Waals surface area contributed by atoms with Gasteiger partial charge in [0.25, 0.3) is 0 Å². The minimum Gasteiger partial charge on any atom is -0.395 e. The van der Waals surface area contributed by atoms with Crippen molar-refractivity contribution < 1.29 is 8.85 Å². The van der Waals surface area contributed by atoms with Gasteiger partial charge in [-0.1, -0.05) is 39.9 Å². The predicted octanol–water partition coefficient (Wildman–Crippen LogP) is 5.17. The van der Waals surface area contributed by atoms with Crippen LogP contribution in [0.1, 0.15) is 53.4 Å². The highest BCUT2D eigenvalue weighted by Gasteiger charge is 2.30. The number of hydrogen-bond donors (Lipinski definition) is 0. The first-order valence-electron chi connectivity index (χ1n) is 11.0. The molecule has 0 fully saturated rings. The highest BCUT2D eigenvalue weighted by atomic mass is 28.4. The average Bonchev–Trinajstić information content (AvgIpc) is 2.53. The topological polar surface area (TPSA) is 24.9 Å². The van der Waals surface area contributed by atoms with Gasteiger partial charge in [-0.2, -0.15) is 0 Å². The monoisotopic (exact) mass is 404 g/mol. The summed E-state index contributed by atoms with van der Waals surface area (Å²) in [6.45, 7) is 26.1. The standard InChI is InChI=1S/C20H48N2O2Si2/c1-9-15-21(16-10-2)18-19-22(25(5,6)7)17-13-14-20-26(8,23-11-3)24-12-4/h9-20H2,1-8H3. The lowest BCUT2D eigenvalue weighted by atomic mass is 10.3. The molecule has 0 atom stereocenters. The van der Waals surface area contributed by atoms with Gasteiger partial charge in [0.1, 0.15) is 8.24 Å². The Morgan fingerprint density at radius 2 is 1.19 bits per heavy atom. The second kappa shape index (κ2) is 14.3. The maximum atomic E-state index is 5.98. The molecule has 0 unspecified atom stereocenters. The molecule has 0 aromatic carbocycles. The molecule has 6 heteroatoms. The molecule has 0 spiro atoms. The Kier molecular flexibility index (Phi) is 14.4. The third kappa shape index (κ3) is 11.9. The van der Waals surface area contributed by atoms with Gasteiger partial charge in [0.2, 0.25) is 0 Å². The van der Waals surface area contributed by atoms with Crippen LogP contribution in [0, 0.1) is 0 Å². The molecule has 0 saturated heterocycles. The van der Waals surface area contributed by atoms with E-state index in [1.54, 1.807) is 0 Å². The molecule has 0 saturated carbocycles. The van der Waals surface area contributed by atoms with Crippen LogP contribution in [-0.4, -0.2) is 72.2 Å². The van der Waals surface area contributed by atoms with E-state index in [1.165, 1.54) is 58.4 Å². The molecule has 26 heavy (non-hydrogen) atoms. The Morgan fingerprint density at radius 3 is 1.62 bits per heavy atom. The summed E-state index contributed by atoms with van der Waals surface area (Å²) in [6, 6.07) is 1.12. The fourth-order valence-electron chi connectivity index (χ4n) is 3.56. The van der Waals surface area contributed by atoms with Gasteiger partial charge in [0.05, 0.1) is 0 Å². The fraction of sp³-hybridized carbons (Fsp3) is 1.00. The van der Waals surface area contributed by atoms with Gasteiger partial charge in [0.15, 0.2) is 0 Å². The van der Waals surface area contributed by atoms with Gasteiger partial charge in [-0.15, -0.1) is 0 Å². The van der Waals surface area contributed by atoms with Crippen LogP contribution < -0.4 is 0 Å². The molecule has 4 nitrogen and oxygen atoms in total. The molecule has 0 aliphatic carbocycles. The SMILES string of the molecule is CCCN(CCC)CCN(CCCC[Si](C)(OCC)OCC)[Si](C)(C)C. The molecule has 0 aromatic heterocycles. The zero-order valence-corrected chi connectivity index (χ0v) is 21.2. The smallest absolute Gasteiger partial charge is 0.334 e. The van der Waals surface area contributed by atoms with Gasteiger partial charge in [-0.25, -0.2) is 0 Å². The van der Waals surface area contributed by atoms with Gasteiger partial charge in [0, 0.05) is 26.3 Å². The molecule has 0 bridgehead atoms. The first kappa shape index (κ1) is 26.3. The zero-order chi connectivity index (χ0) is 20.1. The molecule has 0 aliphatic heterocycles. The minimum absolute atomic E-state index is 0.772. The van der Waals surface area contributed by atoms with E-state index in [2.05, 4.69) is 63.3 Å². The average molecular weight is 405 g/mol. The molecular weight excluding hydrogens is 356 g/mol. The predicted molar refractivity (Wildman–Crippen MR) is 121 cm³/mol. The van der Waals surface area contributed by atoms with Gasteiger partial charge >= 0.3 is 8.56 Å². The van der Waals surface area contributed by atoms with Gasteiger partial charge in [-0.05, 0) is 65.3 Å². The van der Waals surface area contributed by atoms with E-state index < -0.39 is 16.8 Å². The summed E-state index contributed by atoms with van der Waals surface area (Å²) in [6.07, 6.45) is 4.99. The van der Waals surface area contributed by atoms with E-state index >= 15 is 0 Å². The third-order valence-corrected chi connectivity index (χ3v) is 10.3. The van der Waals surface area contributed by atoms with Gasteiger partial charge in [-0.3, -0.25) is 0 Å². The lowest BCUT2D eigenvalue weighted by Crippen LogP contribution is -2.50. The maximum Gasteiger partial charge on any atom is 0.334 e. The van der Waals surface area contributed by atoms with Crippen molar-refractivity contribution in [2.24, 2.45) is 0 Å². The second-order valence-electron chi connectivity index (χ2n) is 8.46. The van der Waals surface area contributed by atoms with E-state index in [0.29, 0.717) is 0 Å². The van der Waals surface area contributed by atoms with Gasteiger partial charge < -0.3 is 18.3 Å². The minimum atomic E-state index is -1.94. The van der Waals surface area contributed by atoms with Crippen LogP contribution >= 0.6 is 0 Å². The number of hydrogen-bond acceptors (Lipinski definition) is 4. The lowest BCUT2D eigenvalue weighted by Gasteiger charge is -2.36. The van der Waals surface area contributed by atoms with Crippen molar-refractivity contribution in [3.8, 4) is 0 Å². The molecule has 0 amide bonds. The summed E-state index contributed by atoms with van der Waals surface area (Å²) in [5.41, 5.74) is 0. The number of nitrogens with zero attached hydrogens (tertiary/aromatic N) is 2. The summed E-state index contributed by atoms with van der Waals surface area (Å²) in [5.74, 6) is 0. The summed E-state index contributed by atoms with van der Waals surface area (Å²) >= 11 is 0. The Balaban J connectivity index is 4.46. The van der Waals surface area contributed by atoms with Crippen LogP contribution in [0.3, 0.4) is 0 Å². The van der Waals surface area contributed by atoms with Crippen LogP contribution in [0.4, 0.5) is 0 Å². The van der Waals surface area contributed by atoms with Crippen LogP contribution in [0.25, 0.3) is 0 Å². The first-order valence-corrected chi connectivity index (χ1v) is 16.9. The van der Waals surface area contributed by atoms with E-state index in [-0.39, 0.29) is 0 Å². The van der Waals surface area contributed by atoms with Crippen molar-refractivity contribution in [2.75, 3.05) is 45.9 Å². The Bertz CT molecular complexity index is 326. The normalized spacial score (nSPS) is 13.2. The van der Waals surface area contributed by atoms with Crippen molar-refractivity contribution >= 4 is 16.8 Å². The van der Waals surface area contributed by atoms with Crippen molar-refractivity contribution in [3.63, 3.8) is 0 Å². The van der Waals surface area contributed by atoms with E-state index in [4.69, 9.17) is 8.85 Å². The van der Waals surface area contributed by atoms with E-state index in [9.17, 15) is 0 Å². The molecule has 0 rings (SSSR count). The Hall–Kier alpha value is 0.274. The molecule has 0 heterocycles. The summed E-state index contributed by atoms with van der Waals surface area (Å²) < 4.78 is 14.8. The highest BCUT2D eigenvalue weighted by molar-refractivity contribution is 6.73. The van der Waals surface area contributed by atoms with Crippen molar-refractivity contribution in [1.29, 1.82) is 0 Å². The molecule has 0 aliphatic rings. The summed E-state index contributed by atoms with van der Waals surface area (Å²) in [4.78, 5) is 2.64. The van der Waals surface area contributed by atoms with Crippen molar-refractivity contribution in [1.82, 2.24) is 9.47 Å². The molecular formula is C20H48N2O2Si2. The third-order valence-electron chi connectivity index (χ3n) is 4.92. The summed E-state index contributed by atoms with van der Waals surface area (Å²) in [7, 11) is -3.21. The number of rotatable bonds is 17. The summed E-state index contributed by atoms with van der Waals surface area (Å²) in [5, 5.41) is 0. The second-order valence-corrected chi connectivity index (χ2v) is 16.8. The highest BCUT2D eigenvalue weighted by Crippen LogP contribution is 2.18. The van der Waals surface area contributed by atoms with Crippen LogP contribution in [0.15, 0.2) is 0 Å². The fourth-order valence-corrected chi connectivity index (χ4v) is 7.64. The van der Waals surface area contributed by atoms with E-state index in [1.807, 2.05) is 0 Å². The number of unbranched alkanes of at least 4 members (excludes halogenated alkanes) is 1. The Labute approximate surface area is 167 Å². The lowest BCUT2D eigenvalue weighted by molar-refractivity contribution is 0.187. The molecule has 0 radical (unpaired) electrons. The van der Waals surface area contributed by atoms with E-state index in [0.717, 1.165) is 19.3 Å². The molecule has 0 aromatic rings. The molecule has 0 N–H and O–H groups in total. The van der Waals surface area contributed by atoms with Crippen LogP contribution in [0.5, 0.6) is 0 Å². The van der Waals surface area contributed by atoms with Crippen molar-refractivity contribution in [3.05, 3.63) is 0 Å². The quantitative estimate of drug-likeness (QED) is 0.247. The van der Waals surface area contributed by atoms with Crippen LogP contribution in [-0.2, 0) is 8.85 Å².